The van der Waals surface area contributed by atoms with E-state index < -0.39 is 11.7 Å². The maximum absolute atomic E-state index is 12.8. The van der Waals surface area contributed by atoms with E-state index >= 15 is 0 Å². The summed E-state index contributed by atoms with van der Waals surface area (Å²) in [7, 11) is 0. The Kier molecular flexibility index (Phi) is 6.12. The van der Waals surface area contributed by atoms with E-state index in [9.17, 15) is 14.4 Å². The lowest BCUT2D eigenvalue weighted by Gasteiger charge is -2.18. The molecule has 1 N–H and O–H groups in total. The predicted molar refractivity (Wildman–Crippen MR) is 127 cm³/mol. The second kappa shape index (κ2) is 9.02. The van der Waals surface area contributed by atoms with Gasteiger partial charge in [-0.1, -0.05) is 24.0 Å². The lowest BCUT2D eigenvalue weighted by Crippen LogP contribution is -2.32. The van der Waals surface area contributed by atoms with Crippen LogP contribution in [0.25, 0.3) is 11.0 Å². The summed E-state index contributed by atoms with van der Waals surface area (Å²) in [5.74, 6) is 5.97. The normalized spacial score (nSPS) is 13.0. The minimum atomic E-state index is -0.564. The van der Waals surface area contributed by atoms with Crippen LogP contribution in [0, 0.1) is 11.8 Å². The van der Waals surface area contributed by atoms with Crippen LogP contribution in [-0.4, -0.2) is 44.5 Å². The maximum atomic E-state index is 12.8. The van der Waals surface area contributed by atoms with Crippen molar-refractivity contribution in [2.75, 3.05) is 6.54 Å². The van der Waals surface area contributed by atoms with Crippen molar-refractivity contribution in [3.63, 3.8) is 0 Å². The van der Waals surface area contributed by atoms with Crippen molar-refractivity contribution >= 4 is 28.9 Å². The maximum Gasteiger partial charge on any atom is 0.408 e. The van der Waals surface area contributed by atoms with Crippen LogP contribution in [0.15, 0.2) is 42.5 Å². The number of aryl methyl sites for hydroxylation is 1. The Bertz CT molecular complexity index is 1320. The van der Waals surface area contributed by atoms with Gasteiger partial charge in [-0.05, 0) is 58.0 Å². The molecule has 8 nitrogen and oxygen atoms in total. The highest BCUT2D eigenvalue weighted by molar-refractivity contribution is 6.21. The van der Waals surface area contributed by atoms with Gasteiger partial charge in [0.05, 0.1) is 35.2 Å². The number of hydrogen-bond donors (Lipinski definition) is 1. The summed E-state index contributed by atoms with van der Waals surface area (Å²) in [6, 6.07) is 12.5. The van der Waals surface area contributed by atoms with E-state index in [0.717, 1.165) is 16.6 Å². The molecule has 3 aromatic rings. The first-order valence-corrected chi connectivity index (χ1v) is 11.1. The number of imide groups is 1. The Hall–Kier alpha value is -4.12. The van der Waals surface area contributed by atoms with Gasteiger partial charge in [0.15, 0.2) is 0 Å². The monoisotopic (exact) mass is 458 g/mol. The molecule has 0 atom stereocenters. The number of fused-ring (bicyclic) bond motifs is 2. The molecule has 0 spiro atoms. The first-order chi connectivity index (χ1) is 16.2. The molecule has 2 aromatic carbocycles. The van der Waals surface area contributed by atoms with E-state index in [1.54, 1.807) is 45.0 Å². The van der Waals surface area contributed by atoms with Crippen molar-refractivity contribution < 1.29 is 19.1 Å². The van der Waals surface area contributed by atoms with Crippen molar-refractivity contribution in [3.8, 4) is 11.8 Å². The Balaban J connectivity index is 1.52. The fourth-order valence-corrected chi connectivity index (χ4v) is 3.82. The molecule has 174 valence electrons. The quantitative estimate of drug-likeness (QED) is 0.475. The zero-order valence-corrected chi connectivity index (χ0v) is 19.6. The number of nitrogens with zero attached hydrogens (tertiary/aromatic N) is 3. The van der Waals surface area contributed by atoms with Crippen molar-refractivity contribution in [2.45, 2.75) is 46.4 Å². The Morgan fingerprint density at radius 2 is 1.76 bits per heavy atom. The van der Waals surface area contributed by atoms with E-state index in [-0.39, 0.29) is 24.9 Å². The highest BCUT2D eigenvalue weighted by Crippen LogP contribution is 2.26. The van der Waals surface area contributed by atoms with Crippen LogP contribution < -0.4 is 5.32 Å². The zero-order valence-electron chi connectivity index (χ0n) is 19.6. The minimum Gasteiger partial charge on any atom is -0.444 e. The number of imidazole rings is 1. The number of rotatable bonds is 4. The molecule has 0 fully saturated rings. The van der Waals surface area contributed by atoms with Gasteiger partial charge in [-0.3, -0.25) is 14.5 Å². The molecule has 0 unspecified atom stereocenters. The number of aromatic nitrogens is 2. The van der Waals surface area contributed by atoms with Crippen LogP contribution in [0.1, 0.15) is 59.8 Å². The van der Waals surface area contributed by atoms with Crippen molar-refractivity contribution in [3.05, 3.63) is 65.0 Å². The van der Waals surface area contributed by atoms with Crippen LogP contribution in [-0.2, 0) is 17.8 Å². The molecule has 3 amide bonds. The highest BCUT2D eigenvalue weighted by atomic mass is 16.6. The average Bonchev–Trinajstić information content (AvgIpc) is 3.25. The molecule has 8 heteroatoms. The van der Waals surface area contributed by atoms with Crippen LogP contribution in [0.4, 0.5) is 4.79 Å². The summed E-state index contributed by atoms with van der Waals surface area (Å²) in [4.78, 5) is 43.2. The molecular weight excluding hydrogens is 432 g/mol. The summed E-state index contributed by atoms with van der Waals surface area (Å²) in [5.41, 5.74) is 2.66. The topological polar surface area (TPSA) is 93.5 Å². The van der Waals surface area contributed by atoms with Gasteiger partial charge in [0.1, 0.15) is 11.4 Å². The van der Waals surface area contributed by atoms with Gasteiger partial charge in [0.25, 0.3) is 11.8 Å². The number of hydrogen-bond acceptors (Lipinski definition) is 5. The van der Waals surface area contributed by atoms with E-state index in [1.807, 2.05) is 29.7 Å². The number of carbonyl (C=O) groups is 3. The first-order valence-electron chi connectivity index (χ1n) is 11.1. The van der Waals surface area contributed by atoms with Crippen molar-refractivity contribution in [1.82, 2.24) is 19.8 Å². The van der Waals surface area contributed by atoms with Gasteiger partial charge in [0, 0.05) is 12.1 Å². The smallest absolute Gasteiger partial charge is 0.408 e. The molecule has 0 radical (unpaired) electrons. The second-order valence-electron chi connectivity index (χ2n) is 8.88. The molecule has 0 saturated carbocycles. The largest absolute Gasteiger partial charge is 0.444 e. The van der Waals surface area contributed by atoms with Crippen LogP contribution in [0.5, 0.6) is 0 Å². The van der Waals surface area contributed by atoms with E-state index in [2.05, 4.69) is 22.1 Å². The van der Waals surface area contributed by atoms with Gasteiger partial charge in [0.2, 0.25) is 0 Å². The average molecular weight is 459 g/mol. The van der Waals surface area contributed by atoms with Crippen molar-refractivity contribution in [2.24, 2.45) is 0 Å². The van der Waals surface area contributed by atoms with E-state index in [4.69, 9.17) is 4.74 Å². The van der Waals surface area contributed by atoms with Gasteiger partial charge < -0.3 is 14.6 Å². The molecule has 0 aliphatic carbocycles. The summed E-state index contributed by atoms with van der Waals surface area (Å²) < 4.78 is 7.16. The third kappa shape index (κ3) is 4.64. The summed E-state index contributed by atoms with van der Waals surface area (Å²) in [6.45, 7) is 8.25. The molecule has 0 bridgehead atoms. The van der Waals surface area contributed by atoms with Crippen LogP contribution in [0.3, 0.4) is 0 Å². The summed E-state index contributed by atoms with van der Waals surface area (Å²) in [5, 5.41) is 2.61. The highest BCUT2D eigenvalue weighted by Gasteiger charge is 2.36. The van der Waals surface area contributed by atoms with Gasteiger partial charge in [-0.2, -0.15) is 0 Å². The molecule has 34 heavy (non-hydrogen) atoms. The van der Waals surface area contributed by atoms with Crippen molar-refractivity contribution in [1.29, 1.82) is 0 Å². The lowest BCUT2D eigenvalue weighted by atomic mass is 10.1. The molecule has 2 heterocycles. The van der Waals surface area contributed by atoms with E-state index in [0.29, 0.717) is 23.5 Å². The summed E-state index contributed by atoms with van der Waals surface area (Å²) in [6.07, 6.45) is -0.515. The molecular formula is C26H26N4O4. The van der Waals surface area contributed by atoms with Gasteiger partial charge >= 0.3 is 6.09 Å². The number of ether oxygens (including phenoxy) is 1. The van der Waals surface area contributed by atoms with Gasteiger partial charge in [-0.25, -0.2) is 9.78 Å². The molecule has 1 aromatic heterocycles. The summed E-state index contributed by atoms with van der Waals surface area (Å²) >= 11 is 0. The Morgan fingerprint density at radius 3 is 2.38 bits per heavy atom. The number of benzene rings is 2. The minimum absolute atomic E-state index is 0.0929. The fraction of sp³-hybridized carbons (Fsp3) is 0.308. The molecule has 1 aliphatic rings. The van der Waals surface area contributed by atoms with Crippen LogP contribution >= 0.6 is 0 Å². The number of amides is 3. The second-order valence-corrected chi connectivity index (χ2v) is 8.88. The molecule has 1 aliphatic heterocycles. The zero-order chi connectivity index (χ0) is 24.5. The number of alkyl carbamates (subject to hydrolysis) is 1. The van der Waals surface area contributed by atoms with Crippen LogP contribution in [0.2, 0.25) is 0 Å². The molecule has 4 rings (SSSR count). The predicted octanol–water partition coefficient (Wildman–Crippen LogP) is 3.73. The standard InChI is InChI=1S/C26H26N4O4/c1-5-29-21-15-17(9-8-14-27-25(33)34-26(2,3)4)12-13-20(21)28-22(29)16-30-23(31)18-10-6-7-11-19(18)24(30)32/h6-7,10-13,15H,5,14,16H2,1-4H3,(H,27,33). The molecule has 0 saturated heterocycles. The van der Waals surface area contributed by atoms with Gasteiger partial charge in [-0.15, -0.1) is 0 Å². The number of nitrogens with one attached hydrogen (secondary N) is 1. The Labute approximate surface area is 197 Å². The fourth-order valence-electron chi connectivity index (χ4n) is 3.82. The number of carbonyl (C=O) groups excluding carboxylic acids is 3. The Morgan fingerprint density at radius 1 is 1.09 bits per heavy atom. The SMILES string of the molecule is CCn1c(CN2C(=O)c3ccccc3C2=O)nc2ccc(C#CCNC(=O)OC(C)(C)C)cc21. The third-order valence-electron chi connectivity index (χ3n) is 5.27. The lowest BCUT2D eigenvalue weighted by molar-refractivity contribution is 0.0533. The van der Waals surface area contributed by atoms with E-state index in [1.165, 1.54) is 4.90 Å². The first kappa shape index (κ1) is 23.1. The third-order valence-corrected chi connectivity index (χ3v) is 5.27.